The second kappa shape index (κ2) is 7.89. The molecule has 0 N–H and O–H groups in total. The molecule has 3 heterocycles. The average Bonchev–Trinajstić information content (AvgIpc) is 3.10. The Balaban J connectivity index is 1.38. The summed E-state index contributed by atoms with van der Waals surface area (Å²) in [5.74, 6) is -0.143. The molecule has 1 atom stereocenters. The van der Waals surface area contributed by atoms with Gasteiger partial charge >= 0.3 is 0 Å². The molecule has 2 aliphatic heterocycles. The van der Waals surface area contributed by atoms with Gasteiger partial charge in [-0.05, 0) is 31.0 Å². The Bertz CT molecular complexity index is 986. The number of benzene rings is 1. The first-order valence-corrected chi connectivity index (χ1v) is 12.8. The van der Waals surface area contributed by atoms with Crippen LogP contribution in [0.4, 0.5) is 5.13 Å². The Morgan fingerprint density at radius 3 is 2.68 bits per heavy atom. The standard InChI is InChI=1S/C18H23BrN4O3S2/c1-28(25,26)23-6-2-3-13(12-23)17(24)21-7-9-22(10-8-21)18-20-15-5-4-14(19)11-16(15)27-18/h4-5,11,13H,2-3,6-10,12H2,1H3. The Morgan fingerprint density at radius 1 is 1.21 bits per heavy atom. The van der Waals surface area contributed by atoms with Crippen molar-refractivity contribution in [1.82, 2.24) is 14.2 Å². The minimum atomic E-state index is -3.24. The topological polar surface area (TPSA) is 73.8 Å². The summed E-state index contributed by atoms with van der Waals surface area (Å²) in [5, 5.41) is 0.987. The van der Waals surface area contributed by atoms with Gasteiger partial charge in [-0.2, -0.15) is 0 Å². The minimum absolute atomic E-state index is 0.0845. The van der Waals surface area contributed by atoms with E-state index in [0.29, 0.717) is 26.2 Å². The summed E-state index contributed by atoms with van der Waals surface area (Å²) in [6.45, 7) is 3.61. The van der Waals surface area contributed by atoms with Gasteiger partial charge in [-0.25, -0.2) is 17.7 Å². The Hall–Kier alpha value is -1.23. The van der Waals surface area contributed by atoms with Crippen LogP contribution >= 0.6 is 27.3 Å². The van der Waals surface area contributed by atoms with E-state index in [1.807, 2.05) is 17.0 Å². The molecule has 152 valence electrons. The van der Waals surface area contributed by atoms with Gasteiger partial charge in [0.1, 0.15) is 0 Å². The molecule has 2 aliphatic rings. The summed E-state index contributed by atoms with van der Waals surface area (Å²) in [6, 6.07) is 6.08. The molecule has 0 radical (unpaired) electrons. The van der Waals surface area contributed by atoms with Crippen LogP contribution in [0.1, 0.15) is 12.8 Å². The van der Waals surface area contributed by atoms with E-state index in [2.05, 4.69) is 26.9 Å². The van der Waals surface area contributed by atoms with Crippen molar-refractivity contribution in [2.75, 3.05) is 50.4 Å². The van der Waals surface area contributed by atoms with Crippen LogP contribution in [0.2, 0.25) is 0 Å². The third-order valence-electron chi connectivity index (χ3n) is 5.40. The van der Waals surface area contributed by atoms with Gasteiger partial charge in [0.05, 0.1) is 22.4 Å². The van der Waals surface area contributed by atoms with Gasteiger partial charge in [0.15, 0.2) is 5.13 Å². The van der Waals surface area contributed by atoms with E-state index in [1.54, 1.807) is 11.3 Å². The lowest BCUT2D eigenvalue weighted by Gasteiger charge is -2.38. The maximum atomic E-state index is 12.9. The molecule has 0 saturated carbocycles. The Kier molecular flexibility index (Phi) is 5.65. The molecule has 1 unspecified atom stereocenters. The third kappa shape index (κ3) is 4.19. The highest BCUT2D eigenvalue weighted by atomic mass is 79.9. The summed E-state index contributed by atoms with van der Waals surface area (Å²) < 4.78 is 27.2. The van der Waals surface area contributed by atoms with E-state index in [4.69, 9.17) is 4.98 Å². The molecule has 1 aromatic carbocycles. The number of anilines is 1. The highest BCUT2D eigenvalue weighted by Crippen LogP contribution is 2.31. The van der Waals surface area contributed by atoms with Gasteiger partial charge in [-0.3, -0.25) is 4.79 Å². The number of sulfonamides is 1. The molecule has 1 amide bonds. The van der Waals surface area contributed by atoms with Crippen LogP contribution in [0.25, 0.3) is 10.2 Å². The van der Waals surface area contributed by atoms with Crippen LogP contribution < -0.4 is 4.90 Å². The lowest BCUT2D eigenvalue weighted by atomic mass is 9.98. The summed E-state index contributed by atoms with van der Waals surface area (Å²) >= 11 is 5.16. The molecule has 2 saturated heterocycles. The zero-order valence-corrected chi connectivity index (χ0v) is 18.9. The van der Waals surface area contributed by atoms with E-state index in [0.717, 1.165) is 45.8 Å². The first kappa shape index (κ1) is 20.1. The summed E-state index contributed by atoms with van der Waals surface area (Å²) in [7, 11) is -3.24. The number of hydrogen-bond donors (Lipinski definition) is 0. The normalized spacial score (nSPS) is 22.0. The van der Waals surface area contributed by atoms with Gasteiger partial charge in [0, 0.05) is 43.7 Å². The number of nitrogens with zero attached hydrogens (tertiary/aromatic N) is 4. The molecule has 28 heavy (non-hydrogen) atoms. The highest BCUT2D eigenvalue weighted by molar-refractivity contribution is 9.10. The van der Waals surface area contributed by atoms with E-state index < -0.39 is 10.0 Å². The van der Waals surface area contributed by atoms with Crippen LogP contribution in [0.3, 0.4) is 0 Å². The fourth-order valence-electron chi connectivity index (χ4n) is 3.84. The Labute approximate surface area is 177 Å². The van der Waals surface area contributed by atoms with Crippen molar-refractivity contribution in [1.29, 1.82) is 0 Å². The number of carbonyl (C=O) groups excluding carboxylic acids is 1. The summed E-state index contributed by atoms with van der Waals surface area (Å²) in [6.07, 6.45) is 2.72. The third-order valence-corrected chi connectivity index (χ3v) is 8.25. The van der Waals surface area contributed by atoms with Gasteiger partial charge in [-0.1, -0.05) is 27.3 Å². The van der Waals surface area contributed by atoms with Crippen molar-refractivity contribution in [3.8, 4) is 0 Å². The maximum absolute atomic E-state index is 12.9. The molecule has 0 bridgehead atoms. The number of carbonyl (C=O) groups is 1. The Morgan fingerprint density at radius 2 is 1.96 bits per heavy atom. The zero-order chi connectivity index (χ0) is 19.9. The number of piperazine rings is 1. The van der Waals surface area contributed by atoms with Crippen LogP contribution in [-0.4, -0.2) is 74.0 Å². The quantitative estimate of drug-likeness (QED) is 0.665. The number of amides is 1. The smallest absolute Gasteiger partial charge is 0.227 e. The van der Waals surface area contributed by atoms with Gasteiger partial charge in [-0.15, -0.1) is 0 Å². The molecule has 2 aromatic rings. The van der Waals surface area contributed by atoms with Crippen molar-refractivity contribution in [2.24, 2.45) is 5.92 Å². The zero-order valence-electron chi connectivity index (χ0n) is 15.7. The fraction of sp³-hybridized carbons (Fsp3) is 0.556. The number of halogens is 1. The van der Waals surface area contributed by atoms with Crippen LogP contribution in [0.15, 0.2) is 22.7 Å². The predicted octanol–water partition coefficient (Wildman–Crippen LogP) is 2.38. The van der Waals surface area contributed by atoms with Gasteiger partial charge in [0.2, 0.25) is 15.9 Å². The predicted molar refractivity (Wildman–Crippen MR) is 115 cm³/mol. The number of thiazole rings is 1. The SMILES string of the molecule is CS(=O)(=O)N1CCCC(C(=O)N2CCN(c3nc4ccc(Br)cc4s3)CC2)C1. The van der Waals surface area contributed by atoms with Crippen molar-refractivity contribution >= 4 is 58.5 Å². The minimum Gasteiger partial charge on any atom is -0.345 e. The van der Waals surface area contributed by atoms with Crippen molar-refractivity contribution in [2.45, 2.75) is 12.8 Å². The van der Waals surface area contributed by atoms with Crippen molar-refractivity contribution < 1.29 is 13.2 Å². The first-order valence-electron chi connectivity index (χ1n) is 9.36. The second-order valence-corrected chi connectivity index (χ2v) is 11.3. The van der Waals surface area contributed by atoms with Crippen LogP contribution in [0.5, 0.6) is 0 Å². The number of rotatable bonds is 3. The van der Waals surface area contributed by atoms with Crippen LogP contribution in [-0.2, 0) is 14.8 Å². The van der Waals surface area contributed by atoms with Gasteiger partial charge in [0.25, 0.3) is 0 Å². The summed E-state index contributed by atoms with van der Waals surface area (Å²) in [5.41, 5.74) is 0.991. The average molecular weight is 487 g/mol. The van der Waals surface area contributed by atoms with E-state index in [-0.39, 0.29) is 11.8 Å². The largest absolute Gasteiger partial charge is 0.345 e. The number of fused-ring (bicyclic) bond motifs is 1. The van der Waals surface area contributed by atoms with E-state index >= 15 is 0 Å². The first-order chi connectivity index (χ1) is 13.3. The fourth-order valence-corrected chi connectivity index (χ4v) is 6.32. The van der Waals surface area contributed by atoms with Crippen LogP contribution in [0, 0.1) is 5.92 Å². The van der Waals surface area contributed by atoms with Crippen molar-refractivity contribution in [3.63, 3.8) is 0 Å². The number of hydrogen-bond acceptors (Lipinski definition) is 6. The molecular weight excluding hydrogens is 464 g/mol. The maximum Gasteiger partial charge on any atom is 0.227 e. The van der Waals surface area contributed by atoms with E-state index in [9.17, 15) is 13.2 Å². The molecule has 7 nitrogen and oxygen atoms in total. The molecule has 0 aliphatic carbocycles. The van der Waals surface area contributed by atoms with E-state index in [1.165, 1.54) is 10.6 Å². The molecule has 4 rings (SSSR count). The lowest BCUT2D eigenvalue weighted by molar-refractivity contribution is -0.137. The summed E-state index contributed by atoms with van der Waals surface area (Å²) in [4.78, 5) is 21.7. The molecule has 2 fully saturated rings. The highest BCUT2D eigenvalue weighted by Gasteiger charge is 2.34. The van der Waals surface area contributed by atoms with Crippen molar-refractivity contribution in [3.05, 3.63) is 22.7 Å². The molecule has 10 heteroatoms. The molecular formula is C18H23BrN4O3S2. The van der Waals surface area contributed by atoms with Gasteiger partial charge < -0.3 is 9.80 Å². The molecule has 1 aromatic heterocycles. The second-order valence-electron chi connectivity index (χ2n) is 7.38. The monoisotopic (exact) mass is 486 g/mol. The number of aromatic nitrogens is 1. The number of piperidine rings is 1. The lowest BCUT2D eigenvalue weighted by Crippen LogP contribution is -2.53. The molecule has 0 spiro atoms.